The van der Waals surface area contributed by atoms with Gasteiger partial charge < -0.3 is 4.74 Å². The van der Waals surface area contributed by atoms with Crippen LogP contribution in [0.25, 0.3) is 22.3 Å². The molecule has 6 nitrogen and oxygen atoms in total. The SMILES string of the molecule is Fc1ccc(-c2nn(Cc3cn[nH]c3)c3cccnc23)cc1OC(F)F. The summed E-state index contributed by atoms with van der Waals surface area (Å²) >= 11 is 0. The Morgan fingerprint density at radius 2 is 2.12 bits per heavy atom. The first-order valence-corrected chi connectivity index (χ1v) is 7.66. The molecule has 4 aromatic rings. The third-order valence-electron chi connectivity index (χ3n) is 3.82. The molecule has 1 N–H and O–H groups in total. The number of hydrogen-bond acceptors (Lipinski definition) is 4. The number of nitrogens with zero attached hydrogens (tertiary/aromatic N) is 4. The van der Waals surface area contributed by atoms with E-state index in [1.54, 1.807) is 29.3 Å². The van der Waals surface area contributed by atoms with Crippen molar-refractivity contribution in [2.75, 3.05) is 0 Å². The average Bonchev–Trinajstić information content (AvgIpc) is 3.25. The van der Waals surface area contributed by atoms with E-state index < -0.39 is 18.2 Å². The number of ether oxygens (including phenoxy) is 1. The molecule has 0 spiro atoms. The summed E-state index contributed by atoms with van der Waals surface area (Å²) in [5.74, 6) is -1.41. The van der Waals surface area contributed by atoms with Gasteiger partial charge in [0.05, 0.1) is 18.3 Å². The van der Waals surface area contributed by atoms with E-state index >= 15 is 0 Å². The fourth-order valence-corrected chi connectivity index (χ4v) is 2.70. The maximum Gasteiger partial charge on any atom is 0.387 e. The Morgan fingerprint density at radius 3 is 2.88 bits per heavy atom. The Labute approximate surface area is 145 Å². The first-order chi connectivity index (χ1) is 12.6. The molecular weight excluding hydrogens is 347 g/mol. The first-order valence-electron chi connectivity index (χ1n) is 7.66. The van der Waals surface area contributed by atoms with Crippen molar-refractivity contribution in [3.8, 4) is 17.0 Å². The maximum atomic E-state index is 13.7. The Balaban J connectivity index is 1.82. The standard InChI is InChI=1S/C17H12F3N5O/c18-12-4-3-11(6-14(12)26-17(19)20)15-16-13(2-1-5-21-16)25(24-15)9-10-7-22-23-8-10/h1-8,17H,9H2,(H,22,23). The van der Waals surface area contributed by atoms with E-state index in [2.05, 4.69) is 25.0 Å². The van der Waals surface area contributed by atoms with Crippen LogP contribution in [0, 0.1) is 5.82 Å². The Bertz CT molecular complexity index is 1050. The highest BCUT2D eigenvalue weighted by atomic mass is 19.3. The minimum atomic E-state index is -3.12. The fraction of sp³-hybridized carbons (Fsp3) is 0.118. The van der Waals surface area contributed by atoms with Gasteiger partial charge in [0, 0.05) is 23.5 Å². The van der Waals surface area contributed by atoms with Gasteiger partial charge in [-0.1, -0.05) is 0 Å². The van der Waals surface area contributed by atoms with Gasteiger partial charge in [0.15, 0.2) is 11.6 Å². The molecule has 26 heavy (non-hydrogen) atoms. The van der Waals surface area contributed by atoms with E-state index in [9.17, 15) is 13.2 Å². The zero-order valence-corrected chi connectivity index (χ0v) is 13.2. The van der Waals surface area contributed by atoms with Crippen molar-refractivity contribution in [2.45, 2.75) is 13.2 Å². The van der Waals surface area contributed by atoms with Crippen molar-refractivity contribution in [1.82, 2.24) is 25.0 Å². The highest BCUT2D eigenvalue weighted by Gasteiger charge is 2.17. The van der Waals surface area contributed by atoms with Crippen LogP contribution < -0.4 is 4.74 Å². The van der Waals surface area contributed by atoms with Crippen LogP contribution in [-0.4, -0.2) is 31.6 Å². The number of alkyl halides is 2. The Hall–Kier alpha value is -3.36. The number of aromatic nitrogens is 5. The molecule has 0 radical (unpaired) electrons. The Kier molecular flexibility index (Phi) is 4.04. The van der Waals surface area contributed by atoms with Gasteiger partial charge in [-0.15, -0.1) is 0 Å². The molecule has 1 aromatic carbocycles. The predicted octanol–water partition coefficient (Wildman–Crippen LogP) is 3.61. The van der Waals surface area contributed by atoms with Gasteiger partial charge in [-0.3, -0.25) is 14.8 Å². The summed E-state index contributed by atoms with van der Waals surface area (Å²) in [6, 6.07) is 7.33. The molecule has 0 amide bonds. The van der Waals surface area contributed by atoms with Crippen LogP contribution in [0.1, 0.15) is 5.56 Å². The van der Waals surface area contributed by atoms with Crippen molar-refractivity contribution in [3.05, 3.63) is 60.3 Å². The molecule has 0 atom stereocenters. The minimum Gasteiger partial charge on any atom is -0.432 e. The number of halogens is 3. The van der Waals surface area contributed by atoms with Crippen LogP contribution in [0.4, 0.5) is 13.2 Å². The molecule has 0 fully saturated rings. The molecule has 0 aliphatic heterocycles. The average molecular weight is 359 g/mol. The number of nitrogens with one attached hydrogen (secondary N) is 1. The zero-order chi connectivity index (χ0) is 18.1. The number of fused-ring (bicyclic) bond motifs is 1. The summed E-state index contributed by atoms with van der Waals surface area (Å²) < 4.78 is 44.6. The van der Waals surface area contributed by atoms with Gasteiger partial charge in [0.2, 0.25) is 0 Å². The smallest absolute Gasteiger partial charge is 0.387 e. The van der Waals surface area contributed by atoms with E-state index in [1.165, 1.54) is 12.1 Å². The second-order valence-corrected chi connectivity index (χ2v) is 5.51. The number of H-pyrrole nitrogens is 1. The summed E-state index contributed by atoms with van der Waals surface area (Å²) in [7, 11) is 0. The van der Waals surface area contributed by atoms with E-state index in [4.69, 9.17) is 0 Å². The molecule has 9 heteroatoms. The van der Waals surface area contributed by atoms with Crippen LogP contribution in [0.2, 0.25) is 0 Å². The molecule has 4 rings (SSSR count). The van der Waals surface area contributed by atoms with Gasteiger partial charge in [0.1, 0.15) is 11.2 Å². The highest BCUT2D eigenvalue weighted by molar-refractivity contribution is 5.90. The molecule has 0 aliphatic rings. The molecule has 0 unspecified atom stereocenters. The van der Waals surface area contributed by atoms with E-state index in [0.29, 0.717) is 23.3 Å². The molecule has 0 aliphatic carbocycles. The van der Waals surface area contributed by atoms with Gasteiger partial charge in [0.25, 0.3) is 0 Å². The quantitative estimate of drug-likeness (QED) is 0.591. The number of hydrogen-bond donors (Lipinski definition) is 1. The van der Waals surface area contributed by atoms with E-state index in [0.717, 1.165) is 17.1 Å². The summed E-state index contributed by atoms with van der Waals surface area (Å²) in [6.07, 6.45) is 5.03. The lowest BCUT2D eigenvalue weighted by molar-refractivity contribution is -0.0521. The molecule has 0 bridgehead atoms. The highest BCUT2D eigenvalue weighted by Crippen LogP contribution is 2.31. The van der Waals surface area contributed by atoms with Crippen LogP contribution in [0.5, 0.6) is 5.75 Å². The zero-order valence-electron chi connectivity index (χ0n) is 13.2. The van der Waals surface area contributed by atoms with Crippen LogP contribution in [0.15, 0.2) is 48.9 Å². The lowest BCUT2D eigenvalue weighted by Crippen LogP contribution is -2.04. The largest absolute Gasteiger partial charge is 0.432 e. The van der Waals surface area contributed by atoms with Gasteiger partial charge in [-0.2, -0.15) is 19.0 Å². The van der Waals surface area contributed by atoms with Crippen LogP contribution in [-0.2, 0) is 6.54 Å². The second-order valence-electron chi connectivity index (χ2n) is 5.51. The molecule has 132 valence electrons. The predicted molar refractivity (Wildman–Crippen MR) is 87.2 cm³/mol. The molecule has 3 aromatic heterocycles. The lowest BCUT2D eigenvalue weighted by Gasteiger charge is -2.07. The van der Waals surface area contributed by atoms with Gasteiger partial charge >= 0.3 is 6.61 Å². The molecule has 0 saturated carbocycles. The molecular formula is C17H12F3N5O. The summed E-state index contributed by atoms with van der Waals surface area (Å²) in [5, 5.41) is 11.2. The van der Waals surface area contributed by atoms with Crippen molar-refractivity contribution in [2.24, 2.45) is 0 Å². The molecule has 3 heterocycles. The normalized spacial score (nSPS) is 11.4. The number of aromatic amines is 1. The minimum absolute atomic E-state index is 0.427. The summed E-state index contributed by atoms with van der Waals surface area (Å²) in [4.78, 5) is 4.33. The van der Waals surface area contributed by atoms with Crippen molar-refractivity contribution in [3.63, 3.8) is 0 Å². The van der Waals surface area contributed by atoms with Crippen LogP contribution in [0.3, 0.4) is 0 Å². The monoisotopic (exact) mass is 359 g/mol. The number of rotatable bonds is 5. The second kappa shape index (κ2) is 6.51. The first kappa shape index (κ1) is 16.1. The van der Waals surface area contributed by atoms with Gasteiger partial charge in [-0.05, 0) is 30.3 Å². The van der Waals surface area contributed by atoms with E-state index in [-0.39, 0.29) is 0 Å². The van der Waals surface area contributed by atoms with Gasteiger partial charge in [-0.25, -0.2) is 4.39 Å². The Morgan fingerprint density at radius 1 is 1.23 bits per heavy atom. The topological polar surface area (TPSA) is 68.6 Å². The number of benzene rings is 1. The number of pyridine rings is 1. The third kappa shape index (κ3) is 2.99. The molecule has 0 saturated heterocycles. The van der Waals surface area contributed by atoms with Crippen molar-refractivity contribution < 1.29 is 17.9 Å². The maximum absolute atomic E-state index is 13.7. The fourth-order valence-electron chi connectivity index (χ4n) is 2.70. The third-order valence-corrected chi connectivity index (χ3v) is 3.82. The lowest BCUT2D eigenvalue weighted by atomic mass is 10.1. The van der Waals surface area contributed by atoms with E-state index in [1.807, 2.05) is 6.07 Å². The van der Waals surface area contributed by atoms with Crippen molar-refractivity contribution in [1.29, 1.82) is 0 Å². The van der Waals surface area contributed by atoms with Crippen LogP contribution >= 0.6 is 0 Å². The summed E-state index contributed by atoms with van der Waals surface area (Å²) in [5.41, 5.74) is 3.11. The van der Waals surface area contributed by atoms with Crippen molar-refractivity contribution >= 4 is 11.0 Å². The summed E-state index contributed by atoms with van der Waals surface area (Å²) in [6.45, 7) is -2.67.